The molecule has 6 aromatic rings. The van der Waals surface area contributed by atoms with Crippen molar-refractivity contribution in [1.82, 2.24) is 0 Å². The van der Waals surface area contributed by atoms with Gasteiger partial charge in [-0.15, -0.1) is 35.3 Å². The molecule has 3 aliphatic heterocycles. The van der Waals surface area contributed by atoms with Crippen LogP contribution in [-0.2, 0) is 0 Å². The first-order chi connectivity index (χ1) is 25.4. The third kappa shape index (κ3) is 7.58. The fourth-order valence-corrected chi connectivity index (χ4v) is 8.88. The molecular weight excluding hydrogens is 742 g/mol. The van der Waals surface area contributed by atoms with Gasteiger partial charge >= 0.3 is 6.18 Å². The van der Waals surface area contributed by atoms with Crippen LogP contribution < -0.4 is 16.3 Å². The average Bonchev–Trinajstić information content (AvgIpc) is 3.15. The number of para-hydroxylation sites is 3. The smallest absolute Gasteiger partial charge is 0.404 e. The first kappa shape index (κ1) is 36.7. The van der Waals surface area contributed by atoms with Crippen LogP contribution in [-0.4, -0.2) is 21.9 Å². The second-order valence-electron chi connectivity index (χ2n) is 12.7. The first-order valence-electron chi connectivity index (χ1n) is 16.7. The van der Waals surface area contributed by atoms with E-state index >= 15 is 0 Å². The van der Waals surface area contributed by atoms with Gasteiger partial charge < -0.3 is 13.3 Å². The minimum absolute atomic E-state index is 0.0172. The van der Waals surface area contributed by atoms with Gasteiger partial charge in [-0.1, -0.05) is 68.5 Å². The van der Waals surface area contributed by atoms with Crippen molar-refractivity contribution in [2.45, 2.75) is 57.4 Å². The minimum Gasteiger partial charge on any atom is -0.455 e. The van der Waals surface area contributed by atoms with E-state index in [0.29, 0.717) is 72.6 Å². The highest BCUT2D eigenvalue weighted by Crippen LogP contribution is 2.41. The zero-order chi connectivity index (χ0) is 37.4. The molecule has 0 spiro atoms. The molecule has 6 nitrogen and oxygen atoms in total. The predicted molar refractivity (Wildman–Crippen MR) is 210 cm³/mol. The molecule has 0 radical (unpaired) electrons. The number of benzene rings is 3. The number of hydrogen-bond acceptors (Lipinski definition) is 9. The van der Waals surface area contributed by atoms with Crippen molar-refractivity contribution in [3.63, 3.8) is 0 Å². The van der Waals surface area contributed by atoms with Gasteiger partial charge in [0.1, 0.15) is 39.3 Å². The van der Waals surface area contributed by atoms with Crippen molar-refractivity contribution >= 4 is 86.4 Å². The zero-order valence-electron chi connectivity index (χ0n) is 28.5. The Bertz CT molecular complexity index is 2630. The topological polar surface area (TPSA) is 90.6 Å². The molecule has 0 saturated carbocycles. The predicted octanol–water partition coefficient (Wildman–Crippen LogP) is 11.1. The summed E-state index contributed by atoms with van der Waals surface area (Å²) in [6.07, 6.45) is 5.84. The van der Waals surface area contributed by atoms with Crippen LogP contribution in [0.2, 0.25) is 0 Å². The Labute approximate surface area is 313 Å². The normalized spacial score (nSPS) is 18.5. The fourth-order valence-electron chi connectivity index (χ4n) is 5.77. The van der Waals surface area contributed by atoms with Crippen molar-refractivity contribution in [3.8, 4) is 0 Å². The Morgan fingerprint density at radius 3 is 1.42 bits per heavy atom. The second-order valence-corrected chi connectivity index (χ2v) is 16.4. The van der Waals surface area contributed by atoms with Gasteiger partial charge in [-0.25, -0.2) is 0 Å². The molecule has 53 heavy (non-hydrogen) atoms. The number of fused-ring (bicyclic) bond motifs is 6. The van der Waals surface area contributed by atoms with E-state index in [1.807, 2.05) is 66.8 Å². The Morgan fingerprint density at radius 2 is 0.962 bits per heavy atom. The molecule has 9 rings (SSSR count). The quantitative estimate of drug-likeness (QED) is 0.162. The zero-order valence-corrected chi connectivity index (χ0v) is 31.0. The van der Waals surface area contributed by atoms with Gasteiger partial charge in [-0.05, 0) is 67.5 Å². The number of hydrogen-bond donors (Lipinski definition) is 0. The van der Waals surface area contributed by atoms with Crippen LogP contribution in [0.5, 0.6) is 0 Å². The molecule has 0 bridgehead atoms. The van der Waals surface area contributed by atoms with Gasteiger partial charge in [-0.2, -0.15) is 13.2 Å². The van der Waals surface area contributed by atoms with E-state index < -0.39 is 16.9 Å². The van der Waals surface area contributed by atoms with Crippen molar-refractivity contribution in [1.29, 1.82) is 0 Å². The van der Waals surface area contributed by atoms with Crippen LogP contribution in [0, 0.1) is 5.92 Å². The van der Waals surface area contributed by atoms with Crippen molar-refractivity contribution in [2.75, 3.05) is 0 Å². The van der Waals surface area contributed by atoms with Gasteiger partial charge in [0, 0.05) is 10.5 Å². The lowest BCUT2D eigenvalue weighted by Gasteiger charge is -2.20. The molecule has 12 heteroatoms. The standard InChI is InChI=1S/C15H14O2S.C13H7F3O2S.C13H10O2S/c1-9(2)13-8-7-12-15(18-13)14(16)10-5-3-4-6-11(10)17-12;14-13(15,16)10-6-5-9-12(19-10)11(17)7-3-1-2-4-8(7)18-9;1-8-6-7-11-13(16-8)12(14)9-4-2-3-5-10(9)15-11/h3-9,13H,1-2H3;1-6,10H;2-8H,1H3. The highest BCUT2D eigenvalue weighted by atomic mass is 32.2. The number of thioether (sulfide) groups is 3. The summed E-state index contributed by atoms with van der Waals surface area (Å²) in [4.78, 5) is 38.3. The summed E-state index contributed by atoms with van der Waals surface area (Å²) in [5, 5.41) is 0.602. The number of halogens is 3. The van der Waals surface area contributed by atoms with E-state index in [-0.39, 0.29) is 21.5 Å². The Hall–Kier alpha value is -4.65. The monoisotopic (exact) mass is 772 g/mol. The maximum atomic E-state index is 12.7. The third-order valence-corrected chi connectivity index (χ3v) is 12.6. The summed E-state index contributed by atoms with van der Waals surface area (Å²) in [5.74, 6) is 2.08. The SMILES string of the molecule is CC(C)C1C=Cc2oc3ccccc3c(=O)c2S1.CC1C=Cc2oc3ccccc3c(=O)c2S1.O=c1c2c(oc3ccccc13)C=CC(C(F)(F)F)S2. The van der Waals surface area contributed by atoms with Crippen LogP contribution in [0.3, 0.4) is 0 Å². The average molecular weight is 773 g/mol. The van der Waals surface area contributed by atoms with Crippen LogP contribution in [0.15, 0.2) is 133 Å². The van der Waals surface area contributed by atoms with Gasteiger partial charge in [0.25, 0.3) is 0 Å². The minimum atomic E-state index is -4.38. The van der Waals surface area contributed by atoms with Gasteiger partial charge in [0.2, 0.25) is 16.3 Å². The summed E-state index contributed by atoms with van der Waals surface area (Å²) in [6.45, 7) is 6.39. The van der Waals surface area contributed by atoms with E-state index in [4.69, 9.17) is 13.3 Å². The first-order valence-corrected chi connectivity index (χ1v) is 19.3. The highest BCUT2D eigenvalue weighted by molar-refractivity contribution is 8.00. The van der Waals surface area contributed by atoms with E-state index in [9.17, 15) is 27.6 Å². The summed E-state index contributed by atoms with van der Waals surface area (Å²) in [7, 11) is 0. The molecule has 3 aliphatic rings. The van der Waals surface area contributed by atoms with Gasteiger partial charge in [-0.3, -0.25) is 14.4 Å². The van der Waals surface area contributed by atoms with E-state index in [2.05, 4.69) is 26.8 Å². The van der Waals surface area contributed by atoms with Crippen LogP contribution in [0.1, 0.15) is 38.1 Å². The lowest BCUT2D eigenvalue weighted by Crippen LogP contribution is -2.26. The number of alkyl halides is 3. The maximum Gasteiger partial charge on any atom is 0.404 e. The molecule has 270 valence electrons. The Morgan fingerprint density at radius 1 is 0.566 bits per heavy atom. The maximum absolute atomic E-state index is 12.7. The molecule has 0 amide bonds. The van der Waals surface area contributed by atoms with Crippen molar-refractivity contribution < 1.29 is 26.4 Å². The third-order valence-electron chi connectivity index (χ3n) is 8.51. The summed E-state index contributed by atoms with van der Waals surface area (Å²) < 4.78 is 55.0. The van der Waals surface area contributed by atoms with Crippen LogP contribution >= 0.6 is 35.3 Å². The number of rotatable bonds is 1. The van der Waals surface area contributed by atoms with Crippen molar-refractivity contribution in [2.24, 2.45) is 5.92 Å². The van der Waals surface area contributed by atoms with E-state index in [1.165, 1.54) is 6.08 Å². The fraction of sp³-hybridized carbons (Fsp3) is 0.195. The molecule has 6 heterocycles. The summed E-state index contributed by atoms with van der Waals surface area (Å²) >= 11 is 3.66. The van der Waals surface area contributed by atoms with Gasteiger partial charge in [0.15, 0.2) is 0 Å². The largest absolute Gasteiger partial charge is 0.455 e. The summed E-state index contributed by atoms with van der Waals surface area (Å²) in [6, 6.07) is 21.3. The second kappa shape index (κ2) is 15.0. The van der Waals surface area contributed by atoms with Crippen LogP contribution in [0.4, 0.5) is 13.2 Å². The summed E-state index contributed by atoms with van der Waals surface area (Å²) in [5.41, 5.74) is 1.45. The molecule has 3 aromatic heterocycles. The molecule has 3 atom stereocenters. The van der Waals surface area contributed by atoms with E-state index in [0.717, 1.165) is 15.9 Å². The van der Waals surface area contributed by atoms with Gasteiger partial charge in [0.05, 0.1) is 30.8 Å². The van der Waals surface area contributed by atoms with Crippen molar-refractivity contribution in [3.05, 3.63) is 139 Å². The lowest BCUT2D eigenvalue weighted by molar-refractivity contribution is -0.119. The highest BCUT2D eigenvalue weighted by Gasteiger charge is 2.41. The molecule has 3 aromatic carbocycles. The molecule has 0 saturated heterocycles. The lowest BCUT2D eigenvalue weighted by atomic mass is 10.1. The molecular formula is C41H31F3O6S3. The molecule has 3 unspecified atom stereocenters. The Kier molecular flexibility index (Phi) is 10.4. The molecule has 0 aliphatic carbocycles. The molecule has 0 N–H and O–H groups in total. The Balaban J connectivity index is 0.000000124. The van der Waals surface area contributed by atoms with E-state index in [1.54, 1.807) is 47.8 Å². The molecule has 0 fully saturated rings. The van der Waals surface area contributed by atoms with Crippen LogP contribution in [0.25, 0.3) is 51.1 Å².